The predicted octanol–water partition coefficient (Wildman–Crippen LogP) is 5.83. The molecule has 0 amide bonds. The number of hydrogen-bond donors (Lipinski definition) is 0. The highest BCUT2D eigenvalue weighted by Gasteiger charge is 2.36. The second-order valence-electron chi connectivity index (χ2n) is 9.51. The average molecular weight is 499 g/mol. The Hall–Kier alpha value is -3.35. The highest BCUT2D eigenvalue weighted by Crippen LogP contribution is 2.32. The van der Waals surface area contributed by atoms with E-state index < -0.39 is 24.1 Å². The van der Waals surface area contributed by atoms with Crippen molar-refractivity contribution in [1.82, 2.24) is 0 Å². The van der Waals surface area contributed by atoms with Crippen LogP contribution in [0.4, 0.5) is 0 Å². The van der Waals surface area contributed by atoms with Crippen molar-refractivity contribution < 1.29 is 33.3 Å². The molecule has 7 nitrogen and oxygen atoms in total. The minimum absolute atomic E-state index is 0.0884. The standard InChI is InChI=1S/C29H38O7/c1-18(2)29-26(35-22(6)31)15-19(3)9-8-10-20(4)16-27(29)36-28(32)14-12-23-11-13-24(34-21(5)30)25(17-23)33-7/h10-15,17-18,26-27,29H,8-9,16H2,1-7H3/t26-,27-,29-/m0/s1. The Balaban J connectivity index is 2.31. The molecule has 3 atom stereocenters. The molecule has 2 rings (SSSR count). The Morgan fingerprint density at radius 3 is 2.33 bits per heavy atom. The molecule has 0 saturated carbocycles. The van der Waals surface area contributed by atoms with Gasteiger partial charge in [0, 0.05) is 32.3 Å². The average Bonchev–Trinajstić information content (AvgIpc) is 2.76. The smallest absolute Gasteiger partial charge is 0.331 e. The van der Waals surface area contributed by atoms with Crippen LogP contribution in [0, 0.1) is 11.8 Å². The number of ether oxygens (including phenoxy) is 4. The first-order valence-corrected chi connectivity index (χ1v) is 12.3. The lowest BCUT2D eigenvalue weighted by molar-refractivity contribution is -0.156. The molecule has 1 aliphatic carbocycles. The molecule has 0 aromatic heterocycles. The first-order valence-electron chi connectivity index (χ1n) is 12.3. The zero-order valence-electron chi connectivity index (χ0n) is 22.3. The van der Waals surface area contributed by atoms with E-state index in [9.17, 15) is 14.4 Å². The maximum absolute atomic E-state index is 12.9. The number of carbonyl (C=O) groups is 3. The molecule has 0 fully saturated rings. The zero-order valence-corrected chi connectivity index (χ0v) is 22.3. The van der Waals surface area contributed by atoms with Crippen LogP contribution >= 0.6 is 0 Å². The van der Waals surface area contributed by atoms with E-state index in [0.29, 0.717) is 23.5 Å². The van der Waals surface area contributed by atoms with Gasteiger partial charge in [0.2, 0.25) is 0 Å². The lowest BCUT2D eigenvalue weighted by atomic mass is 9.81. The van der Waals surface area contributed by atoms with E-state index in [1.807, 2.05) is 33.8 Å². The molecule has 1 aromatic carbocycles. The van der Waals surface area contributed by atoms with Gasteiger partial charge in [0.25, 0.3) is 0 Å². The Morgan fingerprint density at radius 2 is 1.72 bits per heavy atom. The maximum Gasteiger partial charge on any atom is 0.331 e. The molecular weight excluding hydrogens is 460 g/mol. The molecule has 36 heavy (non-hydrogen) atoms. The number of esters is 3. The van der Waals surface area contributed by atoms with Crippen molar-refractivity contribution in [3.63, 3.8) is 0 Å². The number of benzene rings is 1. The summed E-state index contributed by atoms with van der Waals surface area (Å²) < 4.78 is 22.1. The van der Waals surface area contributed by atoms with Crippen molar-refractivity contribution in [3.8, 4) is 11.5 Å². The Bertz CT molecular complexity index is 1030. The highest BCUT2D eigenvalue weighted by atomic mass is 16.6. The minimum Gasteiger partial charge on any atom is -0.493 e. The predicted molar refractivity (Wildman–Crippen MR) is 138 cm³/mol. The monoisotopic (exact) mass is 498 g/mol. The van der Waals surface area contributed by atoms with Gasteiger partial charge in [-0.1, -0.05) is 37.1 Å². The number of carbonyl (C=O) groups excluding carboxylic acids is 3. The molecule has 0 spiro atoms. The van der Waals surface area contributed by atoms with Crippen molar-refractivity contribution in [2.75, 3.05) is 7.11 Å². The Kier molecular flexibility index (Phi) is 11.0. The van der Waals surface area contributed by atoms with Gasteiger partial charge in [-0.15, -0.1) is 0 Å². The highest BCUT2D eigenvalue weighted by molar-refractivity contribution is 5.87. The fourth-order valence-corrected chi connectivity index (χ4v) is 4.38. The first kappa shape index (κ1) is 28.9. The van der Waals surface area contributed by atoms with Crippen molar-refractivity contribution in [1.29, 1.82) is 0 Å². The first-order chi connectivity index (χ1) is 17.0. The fraction of sp³-hybridized carbons (Fsp3) is 0.483. The Labute approximate surface area is 214 Å². The lowest BCUT2D eigenvalue weighted by Gasteiger charge is -2.35. The van der Waals surface area contributed by atoms with E-state index in [4.69, 9.17) is 18.9 Å². The van der Waals surface area contributed by atoms with Crippen LogP contribution in [0.1, 0.15) is 66.4 Å². The molecule has 0 aliphatic heterocycles. The largest absolute Gasteiger partial charge is 0.493 e. The van der Waals surface area contributed by atoms with Crippen LogP contribution in [-0.2, 0) is 23.9 Å². The molecule has 0 bridgehead atoms. The Morgan fingerprint density at radius 1 is 1.00 bits per heavy atom. The minimum atomic E-state index is -0.499. The molecule has 1 aromatic rings. The third-order valence-electron chi connectivity index (χ3n) is 6.00. The maximum atomic E-state index is 12.9. The van der Waals surface area contributed by atoms with Crippen LogP contribution < -0.4 is 9.47 Å². The summed E-state index contributed by atoms with van der Waals surface area (Å²) in [6.07, 6.45) is 8.48. The molecule has 7 heteroatoms. The molecule has 0 heterocycles. The summed E-state index contributed by atoms with van der Waals surface area (Å²) in [5.74, 6) is -0.771. The van der Waals surface area contributed by atoms with Gasteiger partial charge in [-0.2, -0.15) is 0 Å². The molecule has 1 aliphatic rings. The van der Waals surface area contributed by atoms with Gasteiger partial charge in [0.15, 0.2) is 11.5 Å². The number of allylic oxidation sites excluding steroid dienone is 2. The summed E-state index contributed by atoms with van der Waals surface area (Å²) in [6, 6.07) is 4.98. The SMILES string of the molecule is COc1cc(C=CC(=O)O[C@H]2CC(C)=CCCC(C)=C[C@H](OC(C)=O)[C@@H]2C(C)C)ccc1OC(C)=O. The van der Waals surface area contributed by atoms with Crippen LogP contribution in [0.25, 0.3) is 6.08 Å². The van der Waals surface area contributed by atoms with E-state index in [0.717, 1.165) is 24.0 Å². The molecule has 0 N–H and O–H groups in total. The summed E-state index contributed by atoms with van der Waals surface area (Å²) in [5.41, 5.74) is 2.94. The van der Waals surface area contributed by atoms with E-state index in [-0.39, 0.29) is 17.8 Å². The third kappa shape index (κ3) is 9.02. The fourth-order valence-electron chi connectivity index (χ4n) is 4.38. The summed E-state index contributed by atoms with van der Waals surface area (Å²) in [7, 11) is 1.47. The van der Waals surface area contributed by atoms with Crippen LogP contribution in [-0.4, -0.2) is 37.2 Å². The third-order valence-corrected chi connectivity index (χ3v) is 6.00. The van der Waals surface area contributed by atoms with Gasteiger partial charge in [-0.05, 0) is 62.5 Å². The zero-order chi connectivity index (χ0) is 26.8. The molecule has 0 saturated heterocycles. The van der Waals surface area contributed by atoms with Gasteiger partial charge < -0.3 is 18.9 Å². The van der Waals surface area contributed by atoms with Gasteiger partial charge in [-0.3, -0.25) is 9.59 Å². The molecule has 0 unspecified atom stereocenters. The van der Waals surface area contributed by atoms with E-state index in [1.54, 1.807) is 24.3 Å². The normalized spacial score (nSPS) is 20.8. The van der Waals surface area contributed by atoms with Crippen molar-refractivity contribution in [2.45, 2.75) is 73.0 Å². The van der Waals surface area contributed by atoms with Crippen LogP contribution in [0.5, 0.6) is 11.5 Å². The van der Waals surface area contributed by atoms with E-state index in [1.165, 1.54) is 27.0 Å². The molecule has 0 radical (unpaired) electrons. The number of rotatable bonds is 7. The molecule has 196 valence electrons. The second-order valence-corrected chi connectivity index (χ2v) is 9.51. The summed E-state index contributed by atoms with van der Waals surface area (Å²) in [6.45, 7) is 10.9. The quantitative estimate of drug-likeness (QED) is 0.202. The van der Waals surface area contributed by atoms with Gasteiger partial charge in [0.1, 0.15) is 12.2 Å². The lowest BCUT2D eigenvalue weighted by Crippen LogP contribution is -2.40. The van der Waals surface area contributed by atoms with Crippen LogP contribution in [0.2, 0.25) is 0 Å². The van der Waals surface area contributed by atoms with Crippen molar-refractivity contribution >= 4 is 24.0 Å². The van der Waals surface area contributed by atoms with Gasteiger partial charge in [0.05, 0.1) is 7.11 Å². The van der Waals surface area contributed by atoms with Crippen molar-refractivity contribution in [3.05, 3.63) is 53.1 Å². The van der Waals surface area contributed by atoms with Gasteiger partial charge in [-0.25, -0.2) is 4.79 Å². The van der Waals surface area contributed by atoms with Gasteiger partial charge >= 0.3 is 17.9 Å². The summed E-state index contributed by atoms with van der Waals surface area (Å²) in [4.78, 5) is 36.1. The second kappa shape index (κ2) is 13.7. The summed E-state index contributed by atoms with van der Waals surface area (Å²) >= 11 is 0. The van der Waals surface area contributed by atoms with Crippen LogP contribution in [0.15, 0.2) is 47.6 Å². The van der Waals surface area contributed by atoms with Crippen LogP contribution in [0.3, 0.4) is 0 Å². The van der Waals surface area contributed by atoms with E-state index >= 15 is 0 Å². The number of methoxy groups -OCH3 is 1. The number of hydrogen-bond acceptors (Lipinski definition) is 7. The van der Waals surface area contributed by atoms with E-state index in [2.05, 4.69) is 6.08 Å². The van der Waals surface area contributed by atoms with Crippen molar-refractivity contribution in [2.24, 2.45) is 11.8 Å². The topological polar surface area (TPSA) is 88.1 Å². The summed E-state index contributed by atoms with van der Waals surface area (Å²) in [5, 5.41) is 0. The molecular formula is C29H38O7.